The number of benzene rings is 7. The first-order valence-corrected chi connectivity index (χ1v) is 14.7. The van der Waals surface area contributed by atoms with Crippen LogP contribution in [-0.2, 0) is 0 Å². The van der Waals surface area contributed by atoms with Gasteiger partial charge in [0.15, 0.2) is 0 Å². The van der Waals surface area contributed by atoms with Crippen LogP contribution >= 0.6 is 0 Å². The zero-order chi connectivity index (χ0) is 27.8. The molecule has 3 heterocycles. The highest BCUT2D eigenvalue weighted by Crippen LogP contribution is 2.50. The summed E-state index contributed by atoms with van der Waals surface area (Å²) in [6.07, 6.45) is 0. The molecule has 0 unspecified atom stereocenters. The second-order valence-electron chi connectivity index (χ2n) is 11.6. The van der Waals surface area contributed by atoms with Crippen LogP contribution in [0.4, 0.5) is 0 Å². The van der Waals surface area contributed by atoms with E-state index in [9.17, 15) is 0 Å². The Kier molecular flexibility index (Phi) is 3.83. The zero-order valence-electron chi connectivity index (χ0n) is 22.9. The van der Waals surface area contributed by atoms with Crippen LogP contribution in [0.5, 0.6) is 0 Å². The molecule has 0 saturated heterocycles. The van der Waals surface area contributed by atoms with Crippen LogP contribution in [0.3, 0.4) is 0 Å². The third-order valence-electron chi connectivity index (χ3n) is 9.50. The normalized spacial score (nSPS) is 12.7. The standard InChI is InChI=1S/C40H21NO2/c1-2-14-31-28(9-1)36-25(10-5-15-32(36)42-31)23-7-3-8-24(21-23)41-29-13-4-11-26-27-12-6-16-33-38(27)40-34(43-33)20-18-22-17-19-30(41)39(35(22)40)37(26)29/h1-21H. The summed E-state index contributed by atoms with van der Waals surface area (Å²) in [6.45, 7) is 0. The minimum atomic E-state index is 0.910. The predicted molar refractivity (Wildman–Crippen MR) is 177 cm³/mol. The lowest BCUT2D eigenvalue weighted by Gasteiger charge is -2.12. The number of para-hydroxylation sites is 1. The second kappa shape index (κ2) is 7.53. The first kappa shape index (κ1) is 21.9. The molecule has 0 amide bonds. The van der Waals surface area contributed by atoms with Gasteiger partial charge in [-0.1, -0.05) is 78.9 Å². The molecule has 10 aromatic rings. The average molecular weight is 548 g/mol. The molecule has 7 aromatic carbocycles. The summed E-state index contributed by atoms with van der Waals surface area (Å²) in [6, 6.07) is 45.7. The van der Waals surface area contributed by atoms with E-state index in [-0.39, 0.29) is 0 Å². The van der Waals surface area contributed by atoms with Gasteiger partial charge in [-0.25, -0.2) is 0 Å². The molecule has 1 aliphatic carbocycles. The zero-order valence-corrected chi connectivity index (χ0v) is 22.9. The Balaban J connectivity index is 1.28. The molecule has 0 saturated carbocycles. The monoisotopic (exact) mass is 547 g/mol. The topological polar surface area (TPSA) is 31.2 Å². The fourth-order valence-electron chi connectivity index (χ4n) is 7.83. The van der Waals surface area contributed by atoms with Gasteiger partial charge in [-0.05, 0) is 76.2 Å². The van der Waals surface area contributed by atoms with Crippen molar-refractivity contribution in [1.82, 2.24) is 4.57 Å². The second-order valence-corrected chi connectivity index (χ2v) is 11.6. The summed E-state index contributed by atoms with van der Waals surface area (Å²) in [5, 5.41) is 9.84. The predicted octanol–water partition coefficient (Wildman–Crippen LogP) is 11.4. The van der Waals surface area contributed by atoms with Crippen molar-refractivity contribution in [2.75, 3.05) is 0 Å². The molecule has 0 spiro atoms. The third kappa shape index (κ3) is 2.62. The van der Waals surface area contributed by atoms with Gasteiger partial charge in [-0.2, -0.15) is 0 Å². The van der Waals surface area contributed by atoms with Crippen LogP contribution in [-0.4, -0.2) is 4.57 Å². The third-order valence-corrected chi connectivity index (χ3v) is 9.50. The maximum absolute atomic E-state index is 6.42. The van der Waals surface area contributed by atoms with Gasteiger partial charge >= 0.3 is 0 Å². The van der Waals surface area contributed by atoms with E-state index in [1.165, 1.54) is 60.0 Å². The fraction of sp³-hybridized carbons (Fsp3) is 0. The van der Waals surface area contributed by atoms with E-state index < -0.39 is 0 Å². The lowest BCUT2D eigenvalue weighted by Crippen LogP contribution is -1.95. The quantitative estimate of drug-likeness (QED) is 0.215. The van der Waals surface area contributed by atoms with Crippen molar-refractivity contribution in [3.63, 3.8) is 0 Å². The number of hydrogen-bond acceptors (Lipinski definition) is 2. The Hall–Kier alpha value is -5.80. The molecule has 43 heavy (non-hydrogen) atoms. The number of furan rings is 2. The molecule has 0 aliphatic heterocycles. The van der Waals surface area contributed by atoms with Crippen molar-refractivity contribution in [1.29, 1.82) is 0 Å². The molecule has 11 rings (SSSR count). The fourth-order valence-corrected chi connectivity index (χ4v) is 7.83. The van der Waals surface area contributed by atoms with E-state index in [2.05, 4.69) is 120 Å². The Morgan fingerprint density at radius 2 is 1.07 bits per heavy atom. The van der Waals surface area contributed by atoms with Crippen LogP contribution in [0.15, 0.2) is 136 Å². The van der Waals surface area contributed by atoms with Crippen LogP contribution in [0.25, 0.3) is 104 Å². The van der Waals surface area contributed by atoms with Gasteiger partial charge in [0, 0.05) is 43.4 Å². The smallest absolute Gasteiger partial charge is 0.136 e. The summed E-state index contributed by atoms with van der Waals surface area (Å²) < 4.78 is 15.1. The first-order valence-electron chi connectivity index (χ1n) is 14.7. The first-order chi connectivity index (χ1) is 21.3. The number of nitrogens with zero attached hydrogens (tertiary/aromatic N) is 1. The molecule has 1 aliphatic rings. The van der Waals surface area contributed by atoms with E-state index in [0.29, 0.717) is 0 Å². The van der Waals surface area contributed by atoms with Gasteiger partial charge in [0.25, 0.3) is 0 Å². The maximum Gasteiger partial charge on any atom is 0.136 e. The van der Waals surface area contributed by atoms with Crippen LogP contribution in [0, 0.1) is 0 Å². The highest BCUT2D eigenvalue weighted by atomic mass is 16.3. The molecule has 0 N–H and O–H groups in total. The lowest BCUT2D eigenvalue weighted by atomic mass is 9.98. The van der Waals surface area contributed by atoms with Crippen molar-refractivity contribution in [2.45, 2.75) is 0 Å². The van der Waals surface area contributed by atoms with Gasteiger partial charge < -0.3 is 13.4 Å². The Morgan fingerprint density at radius 3 is 2.00 bits per heavy atom. The molecule has 3 heteroatoms. The average Bonchev–Trinajstić information content (AvgIpc) is 3.71. The van der Waals surface area contributed by atoms with Crippen molar-refractivity contribution >= 4 is 76.5 Å². The van der Waals surface area contributed by atoms with Crippen LogP contribution in [0.2, 0.25) is 0 Å². The molecule has 0 bridgehead atoms. The molecular weight excluding hydrogens is 526 g/mol. The van der Waals surface area contributed by atoms with Gasteiger partial charge in [-0.3, -0.25) is 0 Å². The molecule has 0 atom stereocenters. The van der Waals surface area contributed by atoms with Crippen LogP contribution in [0.1, 0.15) is 0 Å². The van der Waals surface area contributed by atoms with E-state index in [0.717, 1.165) is 44.4 Å². The Labute approximate surface area is 244 Å². The number of hydrogen-bond donors (Lipinski definition) is 0. The largest absolute Gasteiger partial charge is 0.456 e. The molecule has 0 fully saturated rings. The summed E-state index contributed by atoms with van der Waals surface area (Å²) in [5.41, 5.74) is 12.1. The van der Waals surface area contributed by atoms with Crippen molar-refractivity contribution in [3.05, 3.63) is 127 Å². The summed E-state index contributed by atoms with van der Waals surface area (Å²) in [7, 11) is 0. The Morgan fingerprint density at radius 1 is 0.395 bits per heavy atom. The van der Waals surface area contributed by atoms with E-state index in [4.69, 9.17) is 8.83 Å². The van der Waals surface area contributed by atoms with Gasteiger partial charge in [-0.15, -0.1) is 0 Å². The molecule has 3 aromatic heterocycles. The van der Waals surface area contributed by atoms with Crippen molar-refractivity contribution in [3.8, 4) is 27.9 Å². The summed E-state index contributed by atoms with van der Waals surface area (Å²) in [4.78, 5) is 0. The van der Waals surface area contributed by atoms with Crippen molar-refractivity contribution < 1.29 is 8.83 Å². The highest BCUT2D eigenvalue weighted by molar-refractivity contribution is 6.37. The van der Waals surface area contributed by atoms with Gasteiger partial charge in [0.1, 0.15) is 22.3 Å². The maximum atomic E-state index is 6.42. The highest BCUT2D eigenvalue weighted by Gasteiger charge is 2.26. The van der Waals surface area contributed by atoms with E-state index in [1.807, 2.05) is 12.1 Å². The summed E-state index contributed by atoms with van der Waals surface area (Å²) in [5.74, 6) is 0. The minimum Gasteiger partial charge on any atom is -0.456 e. The van der Waals surface area contributed by atoms with Crippen LogP contribution < -0.4 is 0 Å². The van der Waals surface area contributed by atoms with E-state index >= 15 is 0 Å². The SMILES string of the molecule is c1cc(-c2cccc3oc4ccccc4c23)cc(-n2c3cccc4c3c3c5c(ccc6oc7cccc-4c7c65)ccc32)c1. The van der Waals surface area contributed by atoms with E-state index in [1.54, 1.807) is 0 Å². The summed E-state index contributed by atoms with van der Waals surface area (Å²) >= 11 is 0. The molecule has 3 nitrogen and oxygen atoms in total. The van der Waals surface area contributed by atoms with Gasteiger partial charge in [0.2, 0.25) is 0 Å². The van der Waals surface area contributed by atoms with Gasteiger partial charge in [0.05, 0.1) is 11.0 Å². The number of fused-ring (bicyclic) bond motifs is 4. The minimum absolute atomic E-state index is 0.910. The lowest BCUT2D eigenvalue weighted by molar-refractivity contribution is 0.668. The number of aromatic nitrogens is 1. The molecule has 198 valence electrons. The molecular formula is C40H21NO2. The molecule has 0 radical (unpaired) electrons. The Bertz CT molecular complexity index is 2840. The van der Waals surface area contributed by atoms with Crippen molar-refractivity contribution in [2.24, 2.45) is 0 Å². The number of rotatable bonds is 2.